The molecule has 2 unspecified atom stereocenters. The average molecular weight is 375 g/mol. The van der Waals surface area contributed by atoms with Gasteiger partial charge in [0.2, 0.25) is 0 Å². The molecule has 27 heavy (non-hydrogen) atoms. The van der Waals surface area contributed by atoms with Crippen molar-refractivity contribution < 1.29 is 0 Å². The summed E-state index contributed by atoms with van der Waals surface area (Å²) in [6.07, 6.45) is 8.42. The summed E-state index contributed by atoms with van der Waals surface area (Å²) < 4.78 is 0. The first kappa shape index (κ1) is 17.0. The van der Waals surface area contributed by atoms with Gasteiger partial charge in [-0.2, -0.15) is 0 Å². The first-order valence-electron chi connectivity index (χ1n) is 9.84. The number of rotatable bonds is 2. The van der Waals surface area contributed by atoms with Crippen molar-refractivity contribution in [1.29, 1.82) is 0 Å². The summed E-state index contributed by atoms with van der Waals surface area (Å²) >= 11 is 1.80. The largest absolute Gasteiger partial charge is 0.390 e. The molecule has 0 fully saturated rings. The molecule has 2 aromatic rings. The van der Waals surface area contributed by atoms with Crippen LogP contribution in [0.3, 0.4) is 0 Å². The predicted octanol–water partition coefficient (Wildman–Crippen LogP) is 5.74. The molecule has 0 bridgehead atoms. The van der Waals surface area contributed by atoms with Crippen LogP contribution in [-0.4, -0.2) is 11.4 Å². The van der Waals surface area contributed by atoms with Gasteiger partial charge in [0.15, 0.2) is 0 Å². The fourth-order valence-electron chi connectivity index (χ4n) is 4.89. The standard InChI is InChI=1S/C24H26N2S/c1-15-8-18-10-20-13-26(12-17-6-4-3-5-7-17)14-22-23(20)21(24(25)27-22)11-19(18)9-16(15)2/h3-9,11,18,20H,10,12-14,25H2,1-2H3. The maximum absolute atomic E-state index is 6.50. The molecule has 0 spiro atoms. The molecule has 1 aromatic carbocycles. The van der Waals surface area contributed by atoms with Crippen LogP contribution in [0.1, 0.15) is 47.8 Å². The van der Waals surface area contributed by atoms with Gasteiger partial charge in [-0.15, -0.1) is 11.3 Å². The zero-order valence-corrected chi connectivity index (χ0v) is 16.9. The number of thiophene rings is 1. The van der Waals surface area contributed by atoms with E-state index < -0.39 is 0 Å². The van der Waals surface area contributed by atoms with Crippen LogP contribution in [0.25, 0.3) is 6.08 Å². The van der Waals surface area contributed by atoms with Crippen molar-refractivity contribution in [3.8, 4) is 0 Å². The third-order valence-electron chi connectivity index (χ3n) is 6.33. The van der Waals surface area contributed by atoms with Crippen LogP contribution < -0.4 is 5.73 Å². The number of hydrogen-bond acceptors (Lipinski definition) is 3. The van der Waals surface area contributed by atoms with E-state index in [2.05, 4.69) is 67.3 Å². The number of allylic oxidation sites excluding steroid dienone is 5. The number of benzene rings is 1. The van der Waals surface area contributed by atoms with E-state index in [1.807, 2.05) is 0 Å². The summed E-state index contributed by atoms with van der Waals surface area (Å²) in [5.74, 6) is 1.08. The maximum Gasteiger partial charge on any atom is 0.0936 e. The maximum atomic E-state index is 6.50. The Balaban J connectivity index is 1.51. The molecule has 2 heterocycles. The van der Waals surface area contributed by atoms with Gasteiger partial charge in [0, 0.05) is 36.0 Å². The van der Waals surface area contributed by atoms with E-state index in [0.717, 1.165) is 24.6 Å². The van der Waals surface area contributed by atoms with Crippen LogP contribution in [0.15, 0.2) is 59.2 Å². The molecule has 1 aromatic heterocycles. The van der Waals surface area contributed by atoms with Gasteiger partial charge in [-0.25, -0.2) is 0 Å². The molecule has 0 saturated heterocycles. The first-order chi connectivity index (χ1) is 13.1. The van der Waals surface area contributed by atoms with Gasteiger partial charge in [0.05, 0.1) is 5.00 Å². The van der Waals surface area contributed by atoms with E-state index in [1.54, 1.807) is 16.9 Å². The van der Waals surface area contributed by atoms with E-state index in [-0.39, 0.29) is 0 Å². The molecular formula is C24H26N2S. The zero-order chi connectivity index (χ0) is 18.5. The molecule has 2 N–H and O–H groups in total. The molecular weight excluding hydrogens is 348 g/mol. The van der Waals surface area contributed by atoms with Crippen molar-refractivity contribution >= 4 is 22.4 Å². The van der Waals surface area contributed by atoms with E-state index in [9.17, 15) is 0 Å². The van der Waals surface area contributed by atoms with Crippen molar-refractivity contribution in [2.75, 3.05) is 12.3 Å². The molecule has 2 nitrogen and oxygen atoms in total. The first-order valence-corrected chi connectivity index (χ1v) is 10.7. The average Bonchev–Trinajstić information content (AvgIpc) is 2.85. The second-order valence-corrected chi connectivity index (χ2v) is 9.37. The Morgan fingerprint density at radius 3 is 2.74 bits per heavy atom. The minimum absolute atomic E-state index is 0.514. The van der Waals surface area contributed by atoms with Crippen LogP contribution >= 0.6 is 11.3 Å². The highest BCUT2D eigenvalue weighted by Crippen LogP contribution is 2.48. The van der Waals surface area contributed by atoms with Gasteiger partial charge in [-0.3, -0.25) is 4.90 Å². The SMILES string of the molecule is CC1=CC2=Cc3c(N)sc4c3C(CC2C=C1C)CN(Cc1ccccc1)C4. The van der Waals surface area contributed by atoms with Gasteiger partial charge in [0.1, 0.15) is 0 Å². The predicted molar refractivity (Wildman–Crippen MR) is 116 cm³/mol. The van der Waals surface area contributed by atoms with Crippen LogP contribution in [0.4, 0.5) is 5.00 Å². The summed E-state index contributed by atoms with van der Waals surface area (Å²) in [5, 5.41) is 0.997. The molecule has 0 saturated carbocycles. The summed E-state index contributed by atoms with van der Waals surface area (Å²) in [7, 11) is 0. The number of fused-ring (bicyclic) bond motifs is 1. The normalized spacial score (nSPS) is 24.3. The molecule has 138 valence electrons. The summed E-state index contributed by atoms with van der Waals surface area (Å²) in [4.78, 5) is 4.08. The van der Waals surface area contributed by atoms with E-state index in [1.165, 1.54) is 39.1 Å². The van der Waals surface area contributed by atoms with Gasteiger partial charge in [0.25, 0.3) is 0 Å². The number of hydrogen-bond donors (Lipinski definition) is 1. The molecule has 2 atom stereocenters. The number of nitrogens with zero attached hydrogens (tertiary/aromatic N) is 1. The smallest absolute Gasteiger partial charge is 0.0936 e. The molecule has 0 amide bonds. The molecule has 3 heteroatoms. The number of nitrogens with two attached hydrogens (primary N) is 1. The van der Waals surface area contributed by atoms with Crippen molar-refractivity contribution in [2.45, 2.75) is 39.3 Å². The highest BCUT2D eigenvalue weighted by atomic mass is 32.1. The number of nitrogen functional groups attached to an aromatic ring is 1. The minimum Gasteiger partial charge on any atom is -0.390 e. The Morgan fingerprint density at radius 1 is 1.11 bits per heavy atom. The molecule has 3 aliphatic rings. The van der Waals surface area contributed by atoms with E-state index >= 15 is 0 Å². The molecule has 1 aliphatic heterocycles. The Morgan fingerprint density at radius 2 is 1.93 bits per heavy atom. The summed E-state index contributed by atoms with van der Waals surface area (Å²) in [6, 6.07) is 10.8. The van der Waals surface area contributed by atoms with Crippen molar-refractivity contribution in [3.05, 3.63) is 80.8 Å². The Bertz CT molecular complexity index is 977. The van der Waals surface area contributed by atoms with Crippen LogP contribution in [0.2, 0.25) is 0 Å². The Hall–Kier alpha value is -2.10. The van der Waals surface area contributed by atoms with E-state index in [4.69, 9.17) is 5.73 Å². The fraction of sp³-hybridized carbons (Fsp3) is 0.333. The van der Waals surface area contributed by atoms with Crippen molar-refractivity contribution in [3.63, 3.8) is 0 Å². The second kappa shape index (κ2) is 6.50. The van der Waals surface area contributed by atoms with Crippen LogP contribution in [0.5, 0.6) is 0 Å². The molecule has 5 rings (SSSR count). The molecule has 2 aliphatic carbocycles. The fourth-order valence-corrected chi connectivity index (χ4v) is 6.07. The zero-order valence-electron chi connectivity index (χ0n) is 16.0. The van der Waals surface area contributed by atoms with Gasteiger partial charge < -0.3 is 5.73 Å². The molecule has 0 radical (unpaired) electrons. The highest BCUT2D eigenvalue weighted by molar-refractivity contribution is 7.16. The summed E-state index contributed by atoms with van der Waals surface area (Å²) in [5.41, 5.74) is 15.0. The highest BCUT2D eigenvalue weighted by Gasteiger charge is 2.35. The third kappa shape index (κ3) is 2.99. The van der Waals surface area contributed by atoms with Gasteiger partial charge in [-0.1, -0.05) is 48.1 Å². The van der Waals surface area contributed by atoms with Crippen LogP contribution in [0, 0.1) is 5.92 Å². The van der Waals surface area contributed by atoms with E-state index in [0.29, 0.717) is 11.8 Å². The quantitative estimate of drug-likeness (QED) is 0.726. The van der Waals surface area contributed by atoms with Gasteiger partial charge in [-0.05, 0) is 54.5 Å². The topological polar surface area (TPSA) is 29.3 Å². The third-order valence-corrected chi connectivity index (χ3v) is 7.36. The Kier molecular flexibility index (Phi) is 4.10. The lowest BCUT2D eigenvalue weighted by molar-refractivity contribution is 0.217. The lowest BCUT2D eigenvalue weighted by Gasteiger charge is -2.34. The Labute approximate surface area is 165 Å². The lowest BCUT2D eigenvalue weighted by Crippen LogP contribution is -2.33. The second-order valence-electron chi connectivity index (χ2n) is 8.23. The lowest BCUT2D eigenvalue weighted by atomic mass is 9.81. The number of anilines is 1. The van der Waals surface area contributed by atoms with Crippen molar-refractivity contribution in [2.24, 2.45) is 5.92 Å². The van der Waals surface area contributed by atoms with Gasteiger partial charge >= 0.3 is 0 Å². The van der Waals surface area contributed by atoms with Crippen molar-refractivity contribution in [1.82, 2.24) is 4.90 Å². The summed E-state index contributed by atoms with van der Waals surface area (Å²) in [6.45, 7) is 7.62. The monoisotopic (exact) mass is 374 g/mol. The van der Waals surface area contributed by atoms with Crippen LogP contribution in [-0.2, 0) is 13.1 Å². The minimum atomic E-state index is 0.514.